The monoisotopic (exact) mass is 395 g/mol. The molecule has 3 heteroatoms. The van der Waals surface area contributed by atoms with Gasteiger partial charge in [-0.3, -0.25) is 0 Å². The lowest BCUT2D eigenvalue weighted by atomic mass is 9.54. The Hall–Kier alpha value is -3.07. The first-order valence-electron chi connectivity index (χ1n) is 10.9. The lowest BCUT2D eigenvalue weighted by Crippen LogP contribution is -2.62. The second-order valence-electron chi connectivity index (χ2n) is 8.61. The molecule has 0 saturated heterocycles. The van der Waals surface area contributed by atoms with E-state index in [1.807, 2.05) is 12.3 Å². The van der Waals surface area contributed by atoms with Gasteiger partial charge >= 0.3 is 0 Å². The van der Waals surface area contributed by atoms with Crippen LogP contribution in [0.2, 0.25) is 0 Å². The van der Waals surface area contributed by atoms with Crippen LogP contribution in [-0.4, -0.2) is 11.1 Å². The van der Waals surface area contributed by atoms with Crippen molar-refractivity contribution >= 4 is 22.9 Å². The second-order valence-corrected chi connectivity index (χ2v) is 8.61. The van der Waals surface area contributed by atoms with Crippen LogP contribution in [0, 0.1) is 5.41 Å². The molecule has 2 aromatic carbocycles. The third-order valence-corrected chi connectivity index (χ3v) is 7.65. The van der Waals surface area contributed by atoms with Gasteiger partial charge in [-0.25, -0.2) is 4.98 Å². The molecule has 30 heavy (non-hydrogen) atoms. The van der Waals surface area contributed by atoms with Crippen LogP contribution >= 0.6 is 0 Å². The molecule has 152 valence electrons. The Morgan fingerprint density at radius 2 is 1.60 bits per heavy atom. The normalized spacial score (nSPS) is 26.7. The molecule has 3 heterocycles. The highest BCUT2D eigenvalue weighted by Gasteiger charge is 2.61. The van der Waals surface area contributed by atoms with Gasteiger partial charge in [0.25, 0.3) is 0 Å². The number of para-hydroxylation sites is 2. The van der Waals surface area contributed by atoms with Crippen LogP contribution in [-0.2, 0) is 5.41 Å². The predicted octanol–water partition coefficient (Wildman–Crippen LogP) is 6.96. The number of allylic oxidation sites excluding steroid dienone is 1. The number of benzene rings is 2. The molecule has 0 amide bonds. The van der Waals surface area contributed by atoms with Crippen molar-refractivity contribution in [3.05, 3.63) is 91.1 Å². The van der Waals surface area contributed by atoms with Gasteiger partial charge in [-0.1, -0.05) is 63.2 Å². The summed E-state index contributed by atoms with van der Waals surface area (Å²) in [5.74, 6) is 1.03. The summed E-state index contributed by atoms with van der Waals surface area (Å²) in [4.78, 5) is 9.84. The SMILES string of the molecule is C=CC1(CC)c2ccccc2N2c3cccnc3N(c3ccccc3)C2C1(C)CC. The molecule has 2 aliphatic rings. The molecule has 3 nitrogen and oxygen atoms in total. The molecule has 5 rings (SSSR count). The fourth-order valence-corrected chi connectivity index (χ4v) is 5.99. The van der Waals surface area contributed by atoms with E-state index in [-0.39, 0.29) is 17.0 Å². The highest BCUT2D eigenvalue weighted by atomic mass is 15.5. The van der Waals surface area contributed by atoms with Crippen molar-refractivity contribution in [3.63, 3.8) is 0 Å². The Kier molecular flexibility index (Phi) is 4.25. The maximum atomic E-state index is 4.87. The molecule has 3 atom stereocenters. The predicted molar refractivity (Wildman–Crippen MR) is 126 cm³/mol. The van der Waals surface area contributed by atoms with Crippen molar-refractivity contribution in [1.29, 1.82) is 0 Å². The fraction of sp³-hybridized carbons (Fsp3) is 0.296. The van der Waals surface area contributed by atoms with E-state index in [0.717, 1.165) is 18.7 Å². The Morgan fingerprint density at radius 3 is 2.30 bits per heavy atom. The number of anilines is 4. The number of nitrogens with zero attached hydrogens (tertiary/aromatic N) is 3. The molecule has 0 saturated carbocycles. The van der Waals surface area contributed by atoms with Crippen molar-refractivity contribution in [2.45, 2.75) is 45.2 Å². The number of pyridine rings is 1. The Labute approximate surface area is 179 Å². The van der Waals surface area contributed by atoms with Crippen LogP contribution in [0.1, 0.15) is 39.2 Å². The van der Waals surface area contributed by atoms with E-state index < -0.39 is 0 Å². The molecule has 0 bridgehead atoms. The van der Waals surface area contributed by atoms with Crippen LogP contribution in [0.25, 0.3) is 0 Å². The summed E-state index contributed by atoms with van der Waals surface area (Å²) in [6, 6.07) is 23.8. The van der Waals surface area contributed by atoms with Crippen molar-refractivity contribution in [2.24, 2.45) is 5.41 Å². The smallest absolute Gasteiger partial charge is 0.158 e. The zero-order chi connectivity index (χ0) is 20.9. The molecule has 2 aliphatic heterocycles. The second kappa shape index (κ2) is 6.73. The first-order chi connectivity index (χ1) is 14.6. The van der Waals surface area contributed by atoms with Crippen molar-refractivity contribution in [2.75, 3.05) is 9.80 Å². The molecule has 3 unspecified atom stereocenters. The molecule has 0 radical (unpaired) electrons. The van der Waals surface area contributed by atoms with E-state index >= 15 is 0 Å². The number of fused-ring (bicyclic) bond motifs is 5. The molecule has 1 aromatic heterocycles. The molecule has 0 aliphatic carbocycles. The number of hydrogen-bond acceptors (Lipinski definition) is 3. The Balaban J connectivity index is 1.88. The van der Waals surface area contributed by atoms with Crippen molar-refractivity contribution < 1.29 is 0 Å². The Morgan fingerprint density at radius 1 is 0.900 bits per heavy atom. The van der Waals surface area contributed by atoms with E-state index in [1.54, 1.807) is 0 Å². The summed E-state index contributed by atoms with van der Waals surface area (Å²) in [5, 5.41) is 0. The van der Waals surface area contributed by atoms with Gasteiger partial charge in [0.15, 0.2) is 5.82 Å². The van der Waals surface area contributed by atoms with E-state index in [1.165, 1.54) is 22.6 Å². The third-order valence-electron chi connectivity index (χ3n) is 7.65. The summed E-state index contributed by atoms with van der Waals surface area (Å²) >= 11 is 0. The largest absolute Gasteiger partial charge is 0.316 e. The van der Waals surface area contributed by atoms with Gasteiger partial charge in [-0.2, -0.15) is 0 Å². The van der Waals surface area contributed by atoms with E-state index in [0.29, 0.717) is 0 Å². The zero-order valence-corrected chi connectivity index (χ0v) is 18.0. The van der Waals surface area contributed by atoms with Gasteiger partial charge in [0.2, 0.25) is 0 Å². The molecule has 3 aromatic rings. The summed E-state index contributed by atoms with van der Waals surface area (Å²) in [6.07, 6.45) is 6.27. The number of aromatic nitrogens is 1. The van der Waals surface area contributed by atoms with Gasteiger partial charge < -0.3 is 9.80 Å². The molecule has 0 spiro atoms. The van der Waals surface area contributed by atoms with Crippen LogP contribution in [0.15, 0.2) is 85.6 Å². The van der Waals surface area contributed by atoms with Gasteiger partial charge in [0, 0.05) is 28.4 Å². The van der Waals surface area contributed by atoms with Gasteiger partial charge in [-0.05, 0) is 48.7 Å². The van der Waals surface area contributed by atoms with E-state index in [4.69, 9.17) is 4.98 Å². The molecule has 0 fully saturated rings. The number of rotatable bonds is 4. The quantitative estimate of drug-likeness (QED) is 0.445. The van der Waals surface area contributed by atoms with Gasteiger partial charge in [-0.15, -0.1) is 6.58 Å². The van der Waals surface area contributed by atoms with Crippen molar-refractivity contribution in [3.8, 4) is 0 Å². The first kappa shape index (κ1) is 18.9. The topological polar surface area (TPSA) is 19.4 Å². The standard InChI is InChI=1S/C27H29N3/c1-5-26(4)25-29(20-14-9-8-10-15-20)24-23(18-13-19-28-24)30(25)22-17-12-11-16-21(22)27(26,6-2)7-3/h6,8-19,25H,2,5,7H2,1,3-4H3. The minimum atomic E-state index is -0.130. The highest BCUT2D eigenvalue weighted by molar-refractivity contribution is 5.89. The lowest BCUT2D eigenvalue weighted by Gasteiger charge is -2.59. The molecule has 0 N–H and O–H groups in total. The Bertz CT molecular complexity index is 1090. The summed E-state index contributed by atoms with van der Waals surface area (Å²) in [7, 11) is 0. The maximum absolute atomic E-state index is 4.87. The molecular weight excluding hydrogens is 366 g/mol. The average molecular weight is 396 g/mol. The summed E-state index contributed by atoms with van der Waals surface area (Å²) < 4.78 is 0. The minimum Gasteiger partial charge on any atom is -0.316 e. The van der Waals surface area contributed by atoms with E-state index in [2.05, 4.69) is 104 Å². The van der Waals surface area contributed by atoms with Crippen LogP contribution in [0.5, 0.6) is 0 Å². The lowest BCUT2D eigenvalue weighted by molar-refractivity contribution is 0.120. The third kappa shape index (κ3) is 2.18. The highest BCUT2D eigenvalue weighted by Crippen LogP contribution is 2.64. The average Bonchev–Trinajstić information content (AvgIpc) is 3.16. The van der Waals surface area contributed by atoms with Crippen LogP contribution in [0.3, 0.4) is 0 Å². The van der Waals surface area contributed by atoms with Gasteiger partial charge in [0.1, 0.15) is 6.17 Å². The minimum absolute atomic E-state index is 0.0750. The summed E-state index contributed by atoms with van der Waals surface area (Å²) in [6.45, 7) is 11.4. The zero-order valence-electron chi connectivity index (χ0n) is 18.0. The van der Waals surface area contributed by atoms with Crippen LogP contribution in [0.4, 0.5) is 22.9 Å². The van der Waals surface area contributed by atoms with Crippen LogP contribution < -0.4 is 9.80 Å². The first-order valence-corrected chi connectivity index (χ1v) is 10.9. The van der Waals surface area contributed by atoms with Crippen molar-refractivity contribution in [1.82, 2.24) is 4.98 Å². The number of hydrogen-bond donors (Lipinski definition) is 0. The summed E-state index contributed by atoms with van der Waals surface area (Å²) in [5.41, 5.74) is 4.78. The molecular formula is C27H29N3. The van der Waals surface area contributed by atoms with E-state index in [9.17, 15) is 0 Å². The van der Waals surface area contributed by atoms with Gasteiger partial charge in [0.05, 0.1) is 5.69 Å². The maximum Gasteiger partial charge on any atom is 0.158 e. The fourth-order valence-electron chi connectivity index (χ4n) is 5.99.